The van der Waals surface area contributed by atoms with Gasteiger partial charge in [0, 0.05) is 17.6 Å². The van der Waals surface area contributed by atoms with Gasteiger partial charge in [-0.25, -0.2) is 4.79 Å². The molecule has 0 saturated carbocycles. The highest BCUT2D eigenvalue weighted by molar-refractivity contribution is 9.09. The van der Waals surface area contributed by atoms with Gasteiger partial charge in [-0.05, 0) is 5.56 Å². The fourth-order valence-electron chi connectivity index (χ4n) is 1.00. The molecule has 4 heteroatoms. The molecule has 0 bridgehead atoms. The largest absolute Gasteiger partial charge is 0.466 e. The third-order valence-corrected chi connectivity index (χ3v) is 2.38. The van der Waals surface area contributed by atoms with Gasteiger partial charge in [-0.3, -0.25) is 4.99 Å². The van der Waals surface area contributed by atoms with E-state index < -0.39 is 5.97 Å². The Morgan fingerprint density at radius 3 is 2.69 bits per heavy atom. The van der Waals surface area contributed by atoms with Crippen molar-refractivity contribution in [3.63, 3.8) is 0 Å². The first-order valence-electron chi connectivity index (χ1n) is 4.70. The minimum Gasteiger partial charge on any atom is -0.466 e. The molecule has 1 rings (SSSR count). The highest BCUT2D eigenvalue weighted by atomic mass is 79.9. The number of halogens is 1. The predicted octanol–water partition coefficient (Wildman–Crippen LogP) is 2.56. The average molecular weight is 282 g/mol. The van der Waals surface area contributed by atoms with E-state index in [2.05, 4.69) is 25.7 Å². The molecule has 0 aromatic heterocycles. The molecule has 0 aliphatic heterocycles. The Hall–Kier alpha value is -1.42. The monoisotopic (exact) mass is 281 g/mol. The van der Waals surface area contributed by atoms with E-state index >= 15 is 0 Å². The number of rotatable bonds is 4. The smallest absolute Gasteiger partial charge is 0.332 e. The molecular weight excluding hydrogens is 270 g/mol. The highest BCUT2D eigenvalue weighted by Crippen LogP contribution is 2.03. The summed E-state index contributed by atoms with van der Waals surface area (Å²) in [5.41, 5.74) is 1.61. The number of esters is 1. The van der Waals surface area contributed by atoms with Gasteiger partial charge in [0.1, 0.15) is 0 Å². The van der Waals surface area contributed by atoms with Crippen LogP contribution in [0.1, 0.15) is 5.56 Å². The molecule has 16 heavy (non-hydrogen) atoms. The predicted molar refractivity (Wildman–Crippen MR) is 67.9 cm³/mol. The van der Waals surface area contributed by atoms with Crippen molar-refractivity contribution in [2.75, 3.05) is 12.4 Å². The molecule has 0 aliphatic carbocycles. The molecule has 0 spiro atoms. The molecule has 0 radical (unpaired) electrons. The summed E-state index contributed by atoms with van der Waals surface area (Å²) < 4.78 is 4.52. The van der Waals surface area contributed by atoms with Gasteiger partial charge in [0.05, 0.1) is 12.8 Å². The third-order valence-electron chi connectivity index (χ3n) is 1.80. The van der Waals surface area contributed by atoms with Crippen LogP contribution in [0.2, 0.25) is 0 Å². The molecule has 1 aromatic rings. The second-order valence-corrected chi connectivity index (χ2v) is 3.52. The van der Waals surface area contributed by atoms with Crippen molar-refractivity contribution in [1.82, 2.24) is 0 Å². The fourth-order valence-corrected chi connectivity index (χ4v) is 1.31. The standard InChI is InChI=1S/C12H12BrNO2/c1-16-12(15)7-11(8-13)14-9-10-5-3-2-4-6-10/h2-7,9H,8H2,1H3. The van der Waals surface area contributed by atoms with Crippen LogP contribution >= 0.6 is 15.9 Å². The van der Waals surface area contributed by atoms with Gasteiger partial charge in [-0.1, -0.05) is 46.3 Å². The van der Waals surface area contributed by atoms with Crippen molar-refractivity contribution in [3.8, 4) is 0 Å². The molecule has 0 aliphatic rings. The van der Waals surface area contributed by atoms with E-state index in [1.54, 1.807) is 6.21 Å². The zero-order valence-corrected chi connectivity index (χ0v) is 10.5. The quantitative estimate of drug-likeness (QED) is 0.368. The van der Waals surface area contributed by atoms with E-state index in [1.807, 2.05) is 30.3 Å². The maximum Gasteiger partial charge on any atom is 0.332 e. The van der Waals surface area contributed by atoms with Crippen molar-refractivity contribution < 1.29 is 9.53 Å². The maximum absolute atomic E-state index is 11.0. The second-order valence-electron chi connectivity index (χ2n) is 2.96. The Kier molecular flexibility index (Phi) is 5.50. The number of allylic oxidation sites excluding steroid dienone is 1. The summed E-state index contributed by atoms with van der Waals surface area (Å²) in [7, 11) is 1.34. The number of benzene rings is 1. The van der Waals surface area contributed by atoms with E-state index in [9.17, 15) is 4.79 Å². The number of carbonyl (C=O) groups excluding carboxylic acids is 1. The fraction of sp³-hybridized carbons (Fsp3) is 0.167. The van der Waals surface area contributed by atoms with Gasteiger partial charge in [0.15, 0.2) is 0 Å². The zero-order valence-electron chi connectivity index (χ0n) is 8.89. The van der Waals surface area contributed by atoms with E-state index in [0.717, 1.165) is 5.56 Å². The maximum atomic E-state index is 11.0. The van der Waals surface area contributed by atoms with Crippen LogP contribution in [0, 0.1) is 0 Å². The number of ether oxygens (including phenoxy) is 1. The van der Waals surface area contributed by atoms with E-state index in [1.165, 1.54) is 13.2 Å². The summed E-state index contributed by atoms with van der Waals surface area (Å²) in [6.45, 7) is 0. The normalized spacial score (nSPS) is 11.8. The van der Waals surface area contributed by atoms with Crippen LogP contribution in [0.4, 0.5) is 0 Å². The Bertz CT molecular complexity index is 399. The lowest BCUT2D eigenvalue weighted by atomic mass is 10.2. The number of hydrogen-bond acceptors (Lipinski definition) is 3. The van der Waals surface area contributed by atoms with Crippen molar-refractivity contribution in [2.24, 2.45) is 4.99 Å². The first-order chi connectivity index (χ1) is 7.76. The number of hydrogen-bond donors (Lipinski definition) is 0. The molecular formula is C12H12BrNO2. The zero-order chi connectivity index (χ0) is 11.8. The number of alkyl halides is 1. The highest BCUT2D eigenvalue weighted by Gasteiger charge is 1.97. The molecule has 0 unspecified atom stereocenters. The lowest BCUT2D eigenvalue weighted by Gasteiger charge is -1.96. The lowest BCUT2D eigenvalue weighted by molar-refractivity contribution is -0.134. The van der Waals surface area contributed by atoms with Crippen LogP contribution < -0.4 is 0 Å². The number of aliphatic imine (C=N–C) groups is 1. The van der Waals surface area contributed by atoms with Crippen LogP contribution in [0.15, 0.2) is 47.1 Å². The molecule has 3 nitrogen and oxygen atoms in total. The number of methoxy groups -OCH3 is 1. The molecule has 84 valence electrons. The second kappa shape index (κ2) is 6.95. The van der Waals surface area contributed by atoms with Crippen LogP contribution in [0.3, 0.4) is 0 Å². The van der Waals surface area contributed by atoms with Crippen LogP contribution in [-0.4, -0.2) is 24.6 Å². The van der Waals surface area contributed by atoms with Gasteiger partial charge >= 0.3 is 5.97 Å². The van der Waals surface area contributed by atoms with Crippen LogP contribution in [0.25, 0.3) is 0 Å². The van der Waals surface area contributed by atoms with E-state index in [0.29, 0.717) is 11.0 Å². The number of nitrogens with zero attached hydrogens (tertiary/aromatic N) is 1. The molecule has 0 heterocycles. The Labute approximate surface area is 103 Å². The summed E-state index contributed by atoms with van der Waals surface area (Å²) in [6, 6.07) is 9.67. The van der Waals surface area contributed by atoms with Crippen molar-refractivity contribution in [1.29, 1.82) is 0 Å². The Morgan fingerprint density at radius 1 is 1.44 bits per heavy atom. The lowest BCUT2D eigenvalue weighted by Crippen LogP contribution is -1.97. The number of carbonyl (C=O) groups is 1. The minimum atomic E-state index is -0.403. The first-order valence-corrected chi connectivity index (χ1v) is 5.82. The molecule has 0 atom stereocenters. The van der Waals surface area contributed by atoms with Crippen LogP contribution in [-0.2, 0) is 9.53 Å². The summed E-state index contributed by atoms with van der Waals surface area (Å²) in [4.78, 5) is 15.2. The SMILES string of the molecule is COC(=O)C=C(CBr)N=Cc1ccccc1. The summed E-state index contributed by atoms with van der Waals surface area (Å²) in [5, 5.41) is 0.505. The molecule has 0 fully saturated rings. The van der Waals surface area contributed by atoms with Gasteiger partial charge < -0.3 is 4.74 Å². The Morgan fingerprint density at radius 2 is 2.12 bits per heavy atom. The summed E-state index contributed by atoms with van der Waals surface area (Å²) >= 11 is 3.26. The van der Waals surface area contributed by atoms with Gasteiger partial charge in [-0.2, -0.15) is 0 Å². The minimum absolute atomic E-state index is 0.403. The van der Waals surface area contributed by atoms with Crippen LogP contribution in [0.5, 0.6) is 0 Å². The van der Waals surface area contributed by atoms with E-state index in [-0.39, 0.29) is 0 Å². The van der Waals surface area contributed by atoms with Gasteiger partial charge in [0.25, 0.3) is 0 Å². The van der Waals surface area contributed by atoms with E-state index in [4.69, 9.17) is 0 Å². The summed E-state index contributed by atoms with van der Waals surface area (Å²) in [5.74, 6) is -0.403. The molecule has 1 aromatic carbocycles. The first kappa shape index (κ1) is 12.6. The van der Waals surface area contributed by atoms with Crippen molar-refractivity contribution in [2.45, 2.75) is 0 Å². The van der Waals surface area contributed by atoms with Gasteiger partial charge in [-0.15, -0.1) is 0 Å². The van der Waals surface area contributed by atoms with Crippen molar-refractivity contribution in [3.05, 3.63) is 47.7 Å². The molecule has 0 amide bonds. The third kappa shape index (κ3) is 4.40. The summed E-state index contributed by atoms with van der Waals surface area (Å²) in [6.07, 6.45) is 3.06. The Balaban J connectivity index is 2.74. The topological polar surface area (TPSA) is 38.7 Å². The average Bonchev–Trinajstić information content (AvgIpc) is 2.35. The van der Waals surface area contributed by atoms with Crippen molar-refractivity contribution >= 4 is 28.1 Å². The van der Waals surface area contributed by atoms with Gasteiger partial charge in [0.2, 0.25) is 0 Å². The molecule has 0 N–H and O–H groups in total. The molecule has 0 saturated heterocycles.